The average molecular weight is 270 g/mol. The van der Waals surface area contributed by atoms with Gasteiger partial charge in [0.2, 0.25) is 0 Å². The number of hydrogen-bond acceptors (Lipinski definition) is 4. The fraction of sp³-hybridized carbons (Fsp3) is 0.500. The number of anilines is 1. The highest BCUT2D eigenvalue weighted by atomic mass is 35.5. The maximum absolute atomic E-state index is 12.4. The Morgan fingerprint density at radius 1 is 1.61 bits per heavy atom. The van der Waals surface area contributed by atoms with E-state index in [9.17, 15) is 4.79 Å². The first-order valence-corrected chi connectivity index (χ1v) is 6.20. The van der Waals surface area contributed by atoms with Crippen molar-refractivity contribution >= 4 is 23.2 Å². The van der Waals surface area contributed by atoms with Gasteiger partial charge in [0.05, 0.1) is 36.2 Å². The van der Waals surface area contributed by atoms with Crippen molar-refractivity contribution in [2.45, 2.75) is 26.0 Å². The number of carbonyl (C=O) groups is 1. The molecule has 18 heavy (non-hydrogen) atoms. The lowest BCUT2D eigenvalue weighted by atomic mass is 10.1. The van der Waals surface area contributed by atoms with Gasteiger partial charge in [-0.25, -0.2) is 4.98 Å². The predicted molar refractivity (Wildman–Crippen MR) is 69.6 cm³/mol. The molecule has 1 amide bonds. The molecule has 0 saturated carbocycles. The van der Waals surface area contributed by atoms with Gasteiger partial charge >= 0.3 is 0 Å². The predicted octanol–water partition coefficient (Wildman–Crippen LogP) is 1.57. The van der Waals surface area contributed by atoms with Crippen LogP contribution in [0.1, 0.15) is 24.2 Å². The van der Waals surface area contributed by atoms with Crippen molar-refractivity contribution in [3.05, 3.63) is 23.0 Å². The van der Waals surface area contributed by atoms with Crippen LogP contribution in [-0.2, 0) is 4.74 Å². The zero-order valence-corrected chi connectivity index (χ0v) is 11.1. The van der Waals surface area contributed by atoms with E-state index in [2.05, 4.69) is 4.98 Å². The van der Waals surface area contributed by atoms with Crippen LogP contribution in [0.3, 0.4) is 0 Å². The second kappa shape index (κ2) is 5.12. The lowest BCUT2D eigenvalue weighted by Gasteiger charge is -2.37. The SMILES string of the molecule is CC1CN(C(=O)c2cc(Cl)ncc2N)C(C)CO1. The Hall–Kier alpha value is -1.33. The van der Waals surface area contributed by atoms with Crippen LogP contribution in [0.15, 0.2) is 12.3 Å². The summed E-state index contributed by atoms with van der Waals surface area (Å²) < 4.78 is 5.50. The van der Waals surface area contributed by atoms with Crippen LogP contribution in [0.5, 0.6) is 0 Å². The van der Waals surface area contributed by atoms with Crippen LogP contribution >= 0.6 is 11.6 Å². The van der Waals surface area contributed by atoms with E-state index >= 15 is 0 Å². The summed E-state index contributed by atoms with van der Waals surface area (Å²) in [7, 11) is 0. The highest BCUT2D eigenvalue weighted by Gasteiger charge is 2.29. The van der Waals surface area contributed by atoms with Crippen LogP contribution < -0.4 is 5.73 Å². The van der Waals surface area contributed by atoms with Gasteiger partial charge in [-0.1, -0.05) is 11.6 Å². The molecule has 0 aliphatic carbocycles. The number of nitrogens with zero attached hydrogens (tertiary/aromatic N) is 2. The van der Waals surface area contributed by atoms with E-state index in [1.165, 1.54) is 12.3 Å². The van der Waals surface area contributed by atoms with E-state index in [0.717, 1.165) is 0 Å². The Labute approximate surface area is 111 Å². The maximum Gasteiger partial charge on any atom is 0.256 e. The van der Waals surface area contributed by atoms with Gasteiger partial charge in [0.15, 0.2) is 0 Å². The molecular weight excluding hydrogens is 254 g/mol. The first-order valence-electron chi connectivity index (χ1n) is 5.82. The number of halogens is 1. The highest BCUT2D eigenvalue weighted by Crippen LogP contribution is 2.20. The molecule has 2 unspecified atom stereocenters. The minimum Gasteiger partial charge on any atom is -0.397 e. The van der Waals surface area contributed by atoms with Crippen LogP contribution in [0.2, 0.25) is 5.15 Å². The fourth-order valence-corrected chi connectivity index (χ4v) is 2.12. The normalized spacial score (nSPS) is 24.1. The number of pyridine rings is 1. The Kier molecular flexibility index (Phi) is 3.73. The number of nitrogen functional groups attached to an aromatic ring is 1. The molecule has 1 aromatic rings. The molecule has 2 atom stereocenters. The highest BCUT2D eigenvalue weighted by molar-refractivity contribution is 6.29. The van der Waals surface area contributed by atoms with Gasteiger partial charge in [-0.05, 0) is 19.9 Å². The molecule has 5 nitrogen and oxygen atoms in total. The van der Waals surface area contributed by atoms with Gasteiger partial charge in [0.25, 0.3) is 5.91 Å². The maximum atomic E-state index is 12.4. The standard InChI is InChI=1S/C12H16ClN3O2/c1-7-6-18-8(2)5-16(7)12(17)9-3-11(13)15-4-10(9)14/h3-4,7-8H,5-6,14H2,1-2H3. The molecule has 6 heteroatoms. The number of carbonyl (C=O) groups excluding carboxylic acids is 1. The van der Waals surface area contributed by atoms with E-state index in [-0.39, 0.29) is 23.2 Å². The molecule has 2 N–H and O–H groups in total. The number of nitrogens with two attached hydrogens (primary N) is 1. The number of ether oxygens (including phenoxy) is 1. The molecule has 1 aliphatic rings. The fourth-order valence-electron chi connectivity index (χ4n) is 1.97. The number of morpholine rings is 1. The summed E-state index contributed by atoms with van der Waals surface area (Å²) in [6.45, 7) is 4.98. The number of aromatic nitrogens is 1. The monoisotopic (exact) mass is 269 g/mol. The third kappa shape index (κ3) is 2.57. The zero-order valence-electron chi connectivity index (χ0n) is 10.4. The van der Waals surface area contributed by atoms with Gasteiger partial charge < -0.3 is 15.4 Å². The molecule has 0 radical (unpaired) electrons. The van der Waals surface area contributed by atoms with Crippen molar-refractivity contribution in [1.29, 1.82) is 0 Å². The Bertz CT molecular complexity index is 467. The summed E-state index contributed by atoms with van der Waals surface area (Å²) in [5.41, 5.74) is 6.52. The van der Waals surface area contributed by atoms with Crippen molar-refractivity contribution in [2.24, 2.45) is 0 Å². The number of rotatable bonds is 1. The average Bonchev–Trinajstić information content (AvgIpc) is 2.34. The molecule has 0 bridgehead atoms. The molecule has 2 heterocycles. The minimum atomic E-state index is -0.126. The van der Waals surface area contributed by atoms with Gasteiger partial charge in [0.1, 0.15) is 5.15 Å². The minimum absolute atomic E-state index is 0.0278. The zero-order chi connectivity index (χ0) is 13.3. The summed E-state index contributed by atoms with van der Waals surface area (Å²) in [6.07, 6.45) is 1.44. The lowest BCUT2D eigenvalue weighted by Crippen LogP contribution is -2.50. The van der Waals surface area contributed by atoms with Gasteiger partial charge in [0, 0.05) is 6.54 Å². The second-order valence-corrected chi connectivity index (χ2v) is 4.93. The Morgan fingerprint density at radius 2 is 2.33 bits per heavy atom. The Morgan fingerprint density at radius 3 is 3.06 bits per heavy atom. The Balaban J connectivity index is 2.27. The van der Waals surface area contributed by atoms with E-state index < -0.39 is 0 Å². The van der Waals surface area contributed by atoms with Crippen LogP contribution in [0.25, 0.3) is 0 Å². The molecule has 2 rings (SSSR count). The van der Waals surface area contributed by atoms with Crippen molar-refractivity contribution in [3.8, 4) is 0 Å². The largest absolute Gasteiger partial charge is 0.397 e. The van der Waals surface area contributed by atoms with Gasteiger partial charge in [-0.3, -0.25) is 4.79 Å². The van der Waals surface area contributed by atoms with E-state index in [0.29, 0.717) is 24.4 Å². The third-order valence-corrected chi connectivity index (χ3v) is 3.21. The smallest absolute Gasteiger partial charge is 0.256 e. The molecule has 1 aromatic heterocycles. The summed E-state index contributed by atoms with van der Waals surface area (Å²) in [6, 6.07) is 1.53. The van der Waals surface area contributed by atoms with Gasteiger partial charge in [-0.15, -0.1) is 0 Å². The van der Waals surface area contributed by atoms with Crippen LogP contribution in [-0.4, -0.2) is 41.1 Å². The number of amides is 1. The second-order valence-electron chi connectivity index (χ2n) is 4.54. The first kappa shape index (κ1) is 13.1. The van der Waals surface area contributed by atoms with E-state index in [4.69, 9.17) is 22.1 Å². The summed E-state index contributed by atoms with van der Waals surface area (Å²) >= 11 is 5.80. The first-order chi connectivity index (χ1) is 8.49. The third-order valence-electron chi connectivity index (χ3n) is 3.00. The molecule has 1 aliphatic heterocycles. The van der Waals surface area contributed by atoms with Crippen LogP contribution in [0, 0.1) is 0 Å². The van der Waals surface area contributed by atoms with Crippen molar-refractivity contribution < 1.29 is 9.53 Å². The quantitative estimate of drug-likeness (QED) is 0.786. The summed E-state index contributed by atoms with van der Waals surface area (Å²) in [4.78, 5) is 18.0. The van der Waals surface area contributed by atoms with E-state index in [1.807, 2.05) is 13.8 Å². The molecule has 1 saturated heterocycles. The summed E-state index contributed by atoms with van der Waals surface area (Å²) in [5, 5.41) is 0.265. The van der Waals surface area contributed by atoms with Gasteiger partial charge in [-0.2, -0.15) is 0 Å². The number of hydrogen-bond donors (Lipinski definition) is 1. The van der Waals surface area contributed by atoms with Crippen LogP contribution in [0.4, 0.5) is 5.69 Å². The lowest BCUT2D eigenvalue weighted by molar-refractivity contribution is -0.0386. The van der Waals surface area contributed by atoms with E-state index in [1.54, 1.807) is 4.90 Å². The topological polar surface area (TPSA) is 68.5 Å². The molecule has 0 aromatic carbocycles. The van der Waals surface area contributed by atoms with Crippen molar-refractivity contribution in [3.63, 3.8) is 0 Å². The van der Waals surface area contributed by atoms with Crippen molar-refractivity contribution in [1.82, 2.24) is 9.88 Å². The molecular formula is C12H16ClN3O2. The van der Waals surface area contributed by atoms with Crippen molar-refractivity contribution in [2.75, 3.05) is 18.9 Å². The molecule has 0 spiro atoms. The molecule has 98 valence electrons. The molecule has 1 fully saturated rings. The summed E-state index contributed by atoms with van der Waals surface area (Å²) in [5.74, 6) is -0.126.